The van der Waals surface area contributed by atoms with Gasteiger partial charge < -0.3 is 24.7 Å². The minimum absolute atomic E-state index is 0.106. The summed E-state index contributed by atoms with van der Waals surface area (Å²) < 4.78 is 12.7. The number of amides is 2. The van der Waals surface area contributed by atoms with Crippen molar-refractivity contribution in [2.75, 3.05) is 20.3 Å². The number of carbonyl (C=O) groups excluding carboxylic acids is 1. The van der Waals surface area contributed by atoms with Crippen LogP contribution in [0.2, 0.25) is 0 Å². The Morgan fingerprint density at radius 3 is 3.08 bits per heavy atom. The number of rotatable bonds is 6. The van der Waals surface area contributed by atoms with Gasteiger partial charge in [0.05, 0.1) is 13.2 Å². The summed E-state index contributed by atoms with van der Waals surface area (Å²) in [5.74, 6) is 1.48. The van der Waals surface area contributed by atoms with Crippen molar-refractivity contribution in [3.8, 4) is 5.75 Å². The van der Waals surface area contributed by atoms with Crippen LogP contribution in [0.3, 0.4) is 0 Å². The second-order valence-electron chi connectivity index (χ2n) is 6.10. The molecule has 7 heteroatoms. The third kappa shape index (κ3) is 4.30. The Kier molecular flexibility index (Phi) is 5.55. The third-order valence-corrected chi connectivity index (χ3v) is 4.33. The zero-order chi connectivity index (χ0) is 17.6. The lowest BCUT2D eigenvalue weighted by Crippen LogP contribution is -2.42. The molecule has 1 fully saturated rings. The van der Waals surface area contributed by atoms with Gasteiger partial charge in [-0.1, -0.05) is 12.1 Å². The molecule has 7 nitrogen and oxygen atoms in total. The number of imidazole rings is 1. The quantitative estimate of drug-likeness (QED) is 0.840. The van der Waals surface area contributed by atoms with Crippen LogP contribution in [0.15, 0.2) is 36.7 Å². The molecule has 2 aromatic rings. The standard InChI is InChI=1S/C18H24N4O3/c1-22-9-8-19-17(22)16(13-5-3-6-14(11-13)24-2)21-18(23)20-12-15-7-4-10-25-15/h3,5-6,8-9,11,15-16H,4,7,10,12H2,1-2H3,(H2,20,21,23)/t15-,16-/m1/s1. The molecular weight excluding hydrogens is 320 g/mol. The number of methoxy groups -OCH3 is 1. The number of hydrogen-bond donors (Lipinski definition) is 2. The van der Waals surface area contributed by atoms with E-state index in [1.54, 1.807) is 13.3 Å². The van der Waals surface area contributed by atoms with Crippen LogP contribution in [0.1, 0.15) is 30.3 Å². The van der Waals surface area contributed by atoms with Crippen LogP contribution in [0.25, 0.3) is 0 Å². The smallest absolute Gasteiger partial charge is 0.315 e. The van der Waals surface area contributed by atoms with E-state index < -0.39 is 0 Å². The lowest BCUT2D eigenvalue weighted by molar-refractivity contribution is 0.111. The van der Waals surface area contributed by atoms with Crippen molar-refractivity contribution in [1.29, 1.82) is 0 Å². The van der Waals surface area contributed by atoms with Crippen molar-refractivity contribution in [1.82, 2.24) is 20.2 Å². The Hall–Kier alpha value is -2.54. The van der Waals surface area contributed by atoms with E-state index in [4.69, 9.17) is 9.47 Å². The molecule has 25 heavy (non-hydrogen) atoms. The second kappa shape index (κ2) is 8.02. The van der Waals surface area contributed by atoms with Gasteiger partial charge in [0, 0.05) is 32.6 Å². The molecule has 0 bridgehead atoms. The van der Waals surface area contributed by atoms with Gasteiger partial charge in [-0.15, -0.1) is 0 Å². The van der Waals surface area contributed by atoms with E-state index in [1.165, 1.54) is 0 Å². The lowest BCUT2D eigenvalue weighted by Gasteiger charge is -2.20. The van der Waals surface area contributed by atoms with Gasteiger partial charge >= 0.3 is 6.03 Å². The first-order valence-electron chi connectivity index (χ1n) is 8.44. The van der Waals surface area contributed by atoms with Gasteiger partial charge in [-0.25, -0.2) is 9.78 Å². The van der Waals surface area contributed by atoms with Crippen LogP contribution in [0, 0.1) is 0 Å². The minimum Gasteiger partial charge on any atom is -0.497 e. The highest BCUT2D eigenvalue weighted by atomic mass is 16.5. The maximum absolute atomic E-state index is 12.4. The van der Waals surface area contributed by atoms with Crippen LogP contribution in [0.4, 0.5) is 4.79 Å². The highest BCUT2D eigenvalue weighted by Crippen LogP contribution is 2.24. The number of urea groups is 1. The normalized spacial score (nSPS) is 17.9. The molecule has 2 amide bonds. The predicted octanol–water partition coefficient (Wildman–Crippen LogP) is 2.00. The average Bonchev–Trinajstić information content (AvgIpc) is 3.29. The molecule has 1 aromatic heterocycles. The molecule has 2 atom stereocenters. The molecule has 3 rings (SSSR count). The summed E-state index contributed by atoms with van der Waals surface area (Å²) in [6.07, 6.45) is 5.71. The molecule has 2 N–H and O–H groups in total. The Labute approximate surface area is 147 Å². The van der Waals surface area contributed by atoms with Crippen LogP contribution in [0.5, 0.6) is 5.75 Å². The molecule has 134 valence electrons. The van der Waals surface area contributed by atoms with Crippen LogP contribution in [-0.2, 0) is 11.8 Å². The maximum atomic E-state index is 12.4. The van der Waals surface area contributed by atoms with Crippen molar-refractivity contribution >= 4 is 6.03 Å². The lowest BCUT2D eigenvalue weighted by atomic mass is 10.1. The first-order chi connectivity index (χ1) is 12.2. The van der Waals surface area contributed by atoms with Crippen molar-refractivity contribution in [3.05, 3.63) is 48.0 Å². The Balaban J connectivity index is 1.74. The Bertz CT molecular complexity index is 710. The number of hydrogen-bond acceptors (Lipinski definition) is 4. The van der Waals surface area contributed by atoms with Crippen molar-refractivity contribution in [2.24, 2.45) is 7.05 Å². The monoisotopic (exact) mass is 344 g/mol. The highest BCUT2D eigenvalue weighted by molar-refractivity contribution is 5.75. The number of benzene rings is 1. The number of nitrogens with zero attached hydrogens (tertiary/aromatic N) is 2. The van der Waals surface area contributed by atoms with E-state index in [0.29, 0.717) is 6.54 Å². The fourth-order valence-electron chi connectivity index (χ4n) is 2.97. The van der Waals surface area contributed by atoms with E-state index in [1.807, 2.05) is 42.1 Å². The molecule has 1 aliphatic heterocycles. The van der Waals surface area contributed by atoms with Gasteiger partial charge in [0.1, 0.15) is 17.6 Å². The molecular formula is C18H24N4O3. The van der Waals surface area contributed by atoms with Crippen LogP contribution < -0.4 is 15.4 Å². The second-order valence-corrected chi connectivity index (χ2v) is 6.10. The first-order valence-corrected chi connectivity index (χ1v) is 8.44. The number of nitrogens with one attached hydrogen (secondary N) is 2. The molecule has 0 unspecified atom stereocenters. The van der Waals surface area contributed by atoms with Crippen LogP contribution >= 0.6 is 0 Å². The number of carbonyl (C=O) groups is 1. The van der Waals surface area contributed by atoms with Gasteiger partial charge in [0.15, 0.2) is 0 Å². The third-order valence-electron chi connectivity index (χ3n) is 4.33. The van der Waals surface area contributed by atoms with Crippen molar-refractivity contribution in [3.63, 3.8) is 0 Å². The van der Waals surface area contributed by atoms with Gasteiger partial charge in [-0.2, -0.15) is 0 Å². The molecule has 1 saturated heterocycles. The molecule has 0 radical (unpaired) electrons. The molecule has 1 aromatic carbocycles. The van der Waals surface area contributed by atoms with E-state index in [-0.39, 0.29) is 18.2 Å². The maximum Gasteiger partial charge on any atom is 0.315 e. The zero-order valence-corrected chi connectivity index (χ0v) is 14.6. The van der Waals surface area contributed by atoms with E-state index in [0.717, 1.165) is 36.6 Å². The summed E-state index contributed by atoms with van der Waals surface area (Å²) in [5.41, 5.74) is 0.904. The van der Waals surface area contributed by atoms with Gasteiger partial charge in [0.25, 0.3) is 0 Å². The topological polar surface area (TPSA) is 77.4 Å². The molecule has 0 saturated carbocycles. The highest BCUT2D eigenvalue weighted by Gasteiger charge is 2.22. The number of ether oxygens (including phenoxy) is 2. The largest absolute Gasteiger partial charge is 0.497 e. The summed E-state index contributed by atoms with van der Waals surface area (Å²) in [7, 11) is 3.53. The fourth-order valence-corrected chi connectivity index (χ4v) is 2.97. The number of aryl methyl sites for hydroxylation is 1. The fraction of sp³-hybridized carbons (Fsp3) is 0.444. The summed E-state index contributed by atoms with van der Waals surface area (Å²) in [6, 6.07) is 7.00. The Morgan fingerprint density at radius 2 is 2.40 bits per heavy atom. The SMILES string of the molecule is COc1cccc([C@@H](NC(=O)NC[C@H]2CCCO2)c2nccn2C)c1. The summed E-state index contributed by atoms with van der Waals surface area (Å²) in [4.78, 5) is 16.8. The summed E-state index contributed by atoms with van der Waals surface area (Å²) in [5, 5.41) is 5.90. The van der Waals surface area contributed by atoms with Gasteiger partial charge in [0.2, 0.25) is 0 Å². The molecule has 1 aliphatic rings. The number of aromatic nitrogens is 2. The summed E-state index contributed by atoms with van der Waals surface area (Å²) in [6.45, 7) is 1.28. The first kappa shape index (κ1) is 17.3. The summed E-state index contributed by atoms with van der Waals surface area (Å²) >= 11 is 0. The van der Waals surface area contributed by atoms with E-state index in [9.17, 15) is 4.79 Å². The molecule has 0 spiro atoms. The molecule has 0 aliphatic carbocycles. The zero-order valence-electron chi connectivity index (χ0n) is 14.6. The van der Waals surface area contributed by atoms with E-state index in [2.05, 4.69) is 15.6 Å². The van der Waals surface area contributed by atoms with E-state index >= 15 is 0 Å². The average molecular weight is 344 g/mol. The van der Waals surface area contributed by atoms with Gasteiger partial charge in [-0.3, -0.25) is 0 Å². The van der Waals surface area contributed by atoms with Crippen LogP contribution in [-0.4, -0.2) is 41.9 Å². The molecule has 2 heterocycles. The Morgan fingerprint density at radius 1 is 1.52 bits per heavy atom. The minimum atomic E-state index is -0.375. The van der Waals surface area contributed by atoms with Gasteiger partial charge in [-0.05, 0) is 30.5 Å². The van der Waals surface area contributed by atoms with Crippen molar-refractivity contribution in [2.45, 2.75) is 25.0 Å². The predicted molar refractivity (Wildman–Crippen MR) is 93.6 cm³/mol. The van der Waals surface area contributed by atoms with Crippen molar-refractivity contribution < 1.29 is 14.3 Å².